The van der Waals surface area contributed by atoms with Gasteiger partial charge >= 0.3 is 6.18 Å². The van der Waals surface area contributed by atoms with E-state index in [0.717, 1.165) is 35.0 Å². The van der Waals surface area contributed by atoms with Gasteiger partial charge in [-0.15, -0.1) is 0 Å². The lowest BCUT2D eigenvalue weighted by atomic mass is 10.1. The van der Waals surface area contributed by atoms with E-state index < -0.39 is 17.6 Å². The van der Waals surface area contributed by atoms with E-state index in [-0.39, 0.29) is 17.4 Å². The summed E-state index contributed by atoms with van der Waals surface area (Å²) < 4.78 is 46.6. The molecule has 1 aliphatic heterocycles. The number of aromatic nitrogens is 4. The molecular formula is C24H22F3N7O2. The Morgan fingerprint density at radius 1 is 1.14 bits per heavy atom. The number of amides is 1. The van der Waals surface area contributed by atoms with Crippen LogP contribution in [0.25, 0.3) is 5.65 Å². The number of nitrogens with one attached hydrogen (secondary N) is 2. The van der Waals surface area contributed by atoms with Gasteiger partial charge in [-0.1, -0.05) is 6.07 Å². The van der Waals surface area contributed by atoms with Crippen LogP contribution in [0, 0.1) is 6.92 Å². The minimum Gasteiger partial charge on any atom is -0.486 e. The summed E-state index contributed by atoms with van der Waals surface area (Å²) >= 11 is 0. The Kier molecular flexibility index (Phi) is 5.86. The lowest BCUT2D eigenvalue weighted by molar-refractivity contribution is -0.137. The lowest BCUT2D eigenvalue weighted by Gasteiger charge is -2.40. The van der Waals surface area contributed by atoms with Gasteiger partial charge in [-0.05, 0) is 36.8 Å². The average molecular weight is 497 g/mol. The van der Waals surface area contributed by atoms with E-state index in [0.29, 0.717) is 25.0 Å². The molecule has 36 heavy (non-hydrogen) atoms. The highest BCUT2D eigenvalue weighted by Gasteiger charge is 2.32. The second kappa shape index (κ2) is 9.02. The van der Waals surface area contributed by atoms with Crippen molar-refractivity contribution < 1.29 is 22.7 Å². The van der Waals surface area contributed by atoms with Gasteiger partial charge in [-0.2, -0.15) is 18.3 Å². The number of carbonyl (C=O) groups excluding carboxylic acids is 1. The summed E-state index contributed by atoms with van der Waals surface area (Å²) in [5, 5.41) is 9.82. The number of anilines is 3. The van der Waals surface area contributed by atoms with Gasteiger partial charge in [-0.3, -0.25) is 9.78 Å². The topological polar surface area (TPSA) is 96.7 Å². The van der Waals surface area contributed by atoms with E-state index in [2.05, 4.69) is 30.6 Å². The Bertz CT molecular complexity index is 1430. The maximum Gasteiger partial charge on any atom is 0.417 e. The summed E-state index contributed by atoms with van der Waals surface area (Å²) in [7, 11) is 1.80. The number of ether oxygens (including phenoxy) is 1. The molecule has 1 amide bonds. The largest absolute Gasteiger partial charge is 0.486 e. The van der Waals surface area contributed by atoms with Crippen molar-refractivity contribution in [2.24, 2.45) is 0 Å². The van der Waals surface area contributed by atoms with Crippen LogP contribution in [0.3, 0.4) is 0 Å². The van der Waals surface area contributed by atoms with E-state index in [1.54, 1.807) is 36.0 Å². The number of hydrogen-bond donors (Lipinski definition) is 2. The third-order valence-corrected chi connectivity index (χ3v) is 5.86. The van der Waals surface area contributed by atoms with Crippen LogP contribution in [-0.4, -0.2) is 51.7 Å². The number of halogens is 3. The summed E-state index contributed by atoms with van der Waals surface area (Å²) in [6.07, 6.45) is 0.799. The van der Waals surface area contributed by atoms with Crippen LogP contribution in [0.1, 0.15) is 21.5 Å². The molecule has 4 aromatic rings. The molecule has 0 unspecified atom stereocenters. The molecule has 2 N–H and O–H groups in total. The lowest BCUT2D eigenvalue weighted by Crippen LogP contribution is -2.54. The summed E-state index contributed by atoms with van der Waals surface area (Å²) in [5.41, 5.74) is 1.74. The van der Waals surface area contributed by atoms with Crippen LogP contribution in [0.15, 0.2) is 55.1 Å². The summed E-state index contributed by atoms with van der Waals surface area (Å²) in [6.45, 7) is 3.08. The minimum atomic E-state index is -4.55. The first-order valence-corrected chi connectivity index (χ1v) is 11.1. The first-order chi connectivity index (χ1) is 17.2. The van der Waals surface area contributed by atoms with Crippen LogP contribution in [0.5, 0.6) is 5.75 Å². The Hall–Kier alpha value is -4.35. The fraction of sp³-hybridized carbons (Fsp3) is 0.250. The molecule has 186 valence electrons. The van der Waals surface area contributed by atoms with E-state index in [1.807, 2.05) is 19.2 Å². The normalized spacial score (nSPS) is 14.0. The predicted octanol–water partition coefficient (Wildman–Crippen LogP) is 4.01. The van der Waals surface area contributed by atoms with Crippen molar-refractivity contribution in [2.45, 2.75) is 19.2 Å². The first-order valence-electron chi connectivity index (χ1n) is 11.1. The van der Waals surface area contributed by atoms with Gasteiger partial charge in [0.1, 0.15) is 23.4 Å². The Morgan fingerprint density at radius 2 is 1.94 bits per heavy atom. The fourth-order valence-electron chi connectivity index (χ4n) is 3.84. The maximum atomic E-state index is 12.9. The molecule has 0 atom stereocenters. The number of aryl methyl sites for hydroxylation is 1. The highest BCUT2D eigenvalue weighted by atomic mass is 19.4. The van der Waals surface area contributed by atoms with Gasteiger partial charge in [0, 0.05) is 25.0 Å². The van der Waals surface area contributed by atoms with Crippen molar-refractivity contribution in [2.75, 3.05) is 35.7 Å². The van der Waals surface area contributed by atoms with E-state index in [9.17, 15) is 18.0 Å². The molecule has 1 aromatic carbocycles. The van der Waals surface area contributed by atoms with E-state index in [4.69, 9.17) is 4.74 Å². The van der Waals surface area contributed by atoms with Crippen LogP contribution >= 0.6 is 0 Å². The van der Waals surface area contributed by atoms with Crippen LogP contribution in [0.2, 0.25) is 0 Å². The second-order valence-corrected chi connectivity index (χ2v) is 8.40. The number of pyridine rings is 1. The smallest absolute Gasteiger partial charge is 0.417 e. The molecule has 1 fully saturated rings. The second-order valence-electron chi connectivity index (χ2n) is 8.40. The van der Waals surface area contributed by atoms with Gasteiger partial charge in [0.15, 0.2) is 5.65 Å². The number of fused-ring (bicyclic) bond motifs is 1. The number of hydrogen-bond acceptors (Lipinski definition) is 7. The monoisotopic (exact) mass is 497 g/mol. The van der Waals surface area contributed by atoms with Gasteiger partial charge in [0.2, 0.25) is 0 Å². The molecule has 0 radical (unpaired) electrons. The third-order valence-electron chi connectivity index (χ3n) is 5.86. The number of alkyl halides is 3. The average Bonchev–Trinajstić information content (AvgIpc) is 3.24. The number of carbonyl (C=O) groups is 1. The molecule has 0 aliphatic carbocycles. The van der Waals surface area contributed by atoms with Crippen molar-refractivity contribution >= 4 is 28.7 Å². The summed E-state index contributed by atoms with van der Waals surface area (Å²) in [4.78, 5) is 22.9. The zero-order valence-electron chi connectivity index (χ0n) is 19.4. The Balaban J connectivity index is 1.25. The Morgan fingerprint density at radius 3 is 2.69 bits per heavy atom. The molecule has 0 saturated carbocycles. The first kappa shape index (κ1) is 23.4. The standard InChI is InChI=1S/C24H22F3N7O2/c1-14-3-4-15(23(35)31-17-8-16(9-29-10-17)24(25,26)27)7-20(14)36-18-12-33(13-18)19-11-30-34-6-5-21(28-2)32-22(19)34/h3-11,18H,12-13H2,1-2H3,(H,28,32)(H,31,35). The molecule has 9 nitrogen and oxygen atoms in total. The quantitative estimate of drug-likeness (QED) is 0.416. The predicted molar refractivity (Wildman–Crippen MR) is 128 cm³/mol. The zero-order chi connectivity index (χ0) is 25.4. The van der Waals surface area contributed by atoms with E-state index in [1.165, 1.54) is 0 Å². The molecule has 5 rings (SSSR count). The molecule has 1 saturated heterocycles. The minimum absolute atomic E-state index is 0.0454. The molecule has 3 aromatic heterocycles. The van der Waals surface area contributed by atoms with Gasteiger partial charge in [0.05, 0.1) is 36.7 Å². The summed E-state index contributed by atoms with van der Waals surface area (Å²) in [5.74, 6) is 0.711. The maximum absolute atomic E-state index is 12.9. The van der Waals surface area contributed by atoms with Gasteiger partial charge < -0.3 is 20.3 Å². The molecule has 4 heterocycles. The summed E-state index contributed by atoms with van der Waals surface area (Å²) in [6, 6.07) is 7.59. The molecule has 1 aliphatic rings. The van der Waals surface area contributed by atoms with Gasteiger partial charge in [-0.25, -0.2) is 9.50 Å². The number of benzene rings is 1. The number of nitrogens with zero attached hydrogens (tertiary/aromatic N) is 5. The molecule has 0 spiro atoms. The van der Waals surface area contributed by atoms with Crippen molar-refractivity contribution in [1.82, 2.24) is 19.6 Å². The highest BCUT2D eigenvalue weighted by Crippen LogP contribution is 2.31. The van der Waals surface area contributed by atoms with Crippen molar-refractivity contribution in [1.29, 1.82) is 0 Å². The van der Waals surface area contributed by atoms with Crippen LogP contribution in [-0.2, 0) is 6.18 Å². The van der Waals surface area contributed by atoms with Crippen LogP contribution < -0.4 is 20.3 Å². The highest BCUT2D eigenvalue weighted by molar-refractivity contribution is 6.04. The molecule has 0 bridgehead atoms. The van der Waals surface area contributed by atoms with E-state index >= 15 is 0 Å². The SMILES string of the molecule is CNc1ccn2ncc(N3CC(Oc4cc(C(=O)Nc5cncc(C(F)(F)F)c5)ccc4C)C3)c2n1. The number of rotatable bonds is 6. The Labute approximate surface area is 203 Å². The molecule has 12 heteroatoms. The van der Waals surface area contributed by atoms with Gasteiger partial charge in [0.25, 0.3) is 5.91 Å². The zero-order valence-corrected chi connectivity index (χ0v) is 19.4. The van der Waals surface area contributed by atoms with Crippen LogP contribution in [0.4, 0.5) is 30.4 Å². The molecular weight excluding hydrogens is 475 g/mol. The third kappa shape index (κ3) is 4.61. The fourth-order valence-corrected chi connectivity index (χ4v) is 3.84. The van der Waals surface area contributed by atoms with Crippen molar-refractivity contribution in [3.05, 3.63) is 71.8 Å². The van der Waals surface area contributed by atoms with Crippen molar-refractivity contribution in [3.8, 4) is 5.75 Å². The van der Waals surface area contributed by atoms with Crippen molar-refractivity contribution in [3.63, 3.8) is 0 Å².